The zero-order valence-electron chi connectivity index (χ0n) is 6.56. The second-order valence-corrected chi connectivity index (χ2v) is 6.29. The maximum atomic E-state index is 2.52. The van der Waals surface area contributed by atoms with Crippen LogP contribution in [0.25, 0.3) is 0 Å². The summed E-state index contributed by atoms with van der Waals surface area (Å²) in [7, 11) is -0.447. The first kappa shape index (κ1) is 6.41. The molecular formula is C9H14Si. The summed E-state index contributed by atoms with van der Waals surface area (Å²) < 4.78 is 0. The minimum atomic E-state index is -0.447. The van der Waals surface area contributed by atoms with Gasteiger partial charge in [0, 0.05) is 0 Å². The van der Waals surface area contributed by atoms with Crippen molar-refractivity contribution in [3.8, 4) is 0 Å². The van der Waals surface area contributed by atoms with Gasteiger partial charge >= 0.3 is 0 Å². The third kappa shape index (κ3) is 0.890. The van der Waals surface area contributed by atoms with Gasteiger partial charge in [-0.25, -0.2) is 0 Å². The predicted molar refractivity (Wildman–Crippen MR) is 47.6 cm³/mol. The molecule has 2 aliphatic rings. The van der Waals surface area contributed by atoms with Crippen LogP contribution in [0.4, 0.5) is 0 Å². The number of fused-ring (bicyclic) bond motifs is 1. The summed E-state index contributed by atoms with van der Waals surface area (Å²) in [5.74, 6) is 0. The average Bonchev–Trinajstić information content (AvgIpc) is 2.34. The van der Waals surface area contributed by atoms with E-state index in [0.717, 1.165) is 0 Å². The SMILES string of the molecule is CC1=C2CCCC[SiH]2C=C1. The van der Waals surface area contributed by atoms with Crippen LogP contribution in [0.15, 0.2) is 22.5 Å². The van der Waals surface area contributed by atoms with Crippen molar-refractivity contribution in [3.63, 3.8) is 0 Å². The Morgan fingerprint density at radius 1 is 1.40 bits per heavy atom. The van der Waals surface area contributed by atoms with Crippen LogP contribution in [-0.4, -0.2) is 8.80 Å². The molecule has 0 aromatic rings. The molecule has 1 saturated heterocycles. The Labute approximate surface area is 64.2 Å². The van der Waals surface area contributed by atoms with E-state index in [1.54, 1.807) is 11.6 Å². The summed E-state index contributed by atoms with van der Waals surface area (Å²) in [6.45, 7) is 2.28. The van der Waals surface area contributed by atoms with Crippen molar-refractivity contribution in [2.24, 2.45) is 0 Å². The Morgan fingerprint density at radius 3 is 3.10 bits per heavy atom. The maximum absolute atomic E-state index is 2.52. The van der Waals surface area contributed by atoms with Crippen molar-refractivity contribution in [2.45, 2.75) is 32.2 Å². The molecule has 2 aliphatic heterocycles. The second-order valence-electron chi connectivity index (χ2n) is 3.42. The van der Waals surface area contributed by atoms with Crippen LogP contribution in [0.1, 0.15) is 26.2 Å². The van der Waals surface area contributed by atoms with Crippen molar-refractivity contribution in [1.82, 2.24) is 0 Å². The first-order chi connectivity index (χ1) is 4.88. The van der Waals surface area contributed by atoms with Gasteiger partial charge in [0.15, 0.2) is 0 Å². The van der Waals surface area contributed by atoms with Gasteiger partial charge in [0.1, 0.15) is 0 Å². The Bertz CT molecular complexity index is 201. The van der Waals surface area contributed by atoms with Crippen molar-refractivity contribution >= 4 is 8.80 Å². The van der Waals surface area contributed by atoms with E-state index in [4.69, 9.17) is 0 Å². The lowest BCUT2D eigenvalue weighted by atomic mass is 10.2. The van der Waals surface area contributed by atoms with E-state index in [1.165, 1.54) is 19.3 Å². The smallest absolute Gasteiger partial charge is 0.0892 e. The van der Waals surface area contributed by atoms with Crippen molar-refractivity contribution in [2.75, 3.05) is 0 Å². The fourth-order valence-electron chi connectivity index (χ4n) is 2.11. The van der Waals surface area contributed by atoms with Crippen molar-refractivity contribution in [3.05, 3.63) is 22.5 Å². The molecule has 1 fully saturated rings. The van der Waals surface area contributed by atoms with Gasteiger partial charge in [0.2, 0.25) is 0 Å². The first-order valence-corrected chi connectivity index (χ1v) is 6.32. The molecule has 0 nitrogen and oxygen atoms in total. The molecule has 0 aromatic carbocycles. The number of rotatable bonds is 0. The highest BCUT2D eigenvalue weighted by Crippen LogP contribution is 2.30. The van der Waals surface area contributed by atoms with Gasteiger partial charge in [-0.15, -0.1) is 0 Å². The summed E-state index contributed by atoms with van der Waals surface area (Å²) in [5, 5.41) is 1.87. The summed E-state index contributed by atoms with van der Waals surface area (Å²) in [4.78, 5) is 0. The Hall–Kier alpha value is -0.303. The summed E-state index contributed by atoms with van der Waals surface area (Å²) in [6.07, 6.45) is 6.74. The van der Waals surface area contributed by atoms with E-state index >= 15 is 0 Å². The number of allylic oxidation sites excluding steroid dienone is 3. The number of hydrogen-bond donors (Lipinski definition) is 0. The maximum Gasteiger partial charge on any atom is 0.0892 e. The fraction of sp³-hybridized carbons (Fsp3) is 0.556. The van der Waals surface area contributed by atoms with Crippen molar-refractivity contribution < 1.29 is 0 Å². The zero-order valence-corrected chi connectivity index (χ0v) is 7.72. The van der Waals surface area contributed by atoms with Crippen LogP contribution in [0, 0.1) is 0 Å². The highest BCUT2D eigenvalue weighted by atomic mass is 28.3. The van der Waals surface area contributed by atoms with Crippen LogP contribution in [0.2, 0.25) is 6.04 Å². The first-order valence-electron chi connectivity index (χ1n) is 4.26. The molecule has 0 aliphatic carbocycles. The molecule has 2 heterocycles. The summed E-state index contributed by atoms with van der Waals surface area (Å²) in [5.41, 5.74) is 4.13. The Morgan fingerprint density at radius 2 is 2.30 bits per heavy atom. The van der Waals surface area contributed by atoms with Crippen LogP contribution < -0.4 is 0 Å². The van der Waals surface area contributed by atoms with Gasteiger partial charge in [-0.1, -0.05) is 41.4 Å². The third-order valence-corrected chi connectivity index (χ3v) is 6.07. The summed E-state index contributed by atoms with van der Waals surface area (Å²) >= 11 is 0. The predicted octanol–water partition coefficient (Wildman–Crippen LogP) is 2.36. The highest BCUT2D eigenvalue weighted by Gasteiger charge is 2.22. The van der Waals surface area contributed by atoms with Crippen LogP contribution in [0.5, 0.6) is 0 Å². The van der Waals surface area contributed by atoms with Gasteiger partial charge in [0.25, 0.3) is 0 Å². The van der Waals surface area contributed by atoms with Gasteiger partial charge < -0.3 is 0 Å². The largest absolute Gasteiger partial charge is 0.0929 e. The molecule has 0 N–H and O–H groups in total. The van der Waals surface area contributed by atoms with Gasteiger partial charge in [-0.2, -0.15) is 0 Å². The van der Waals surface area contributed by atoms with Gasteiger partial charge in [0.05, 0.1) is 8.80 Å². The Kier molecular flexibility index (Phi) is 1.53. The molecule has 1 atom stereocenters. The molecule has 1 heteroatoms. The van der Waals surface area contributed by atoms with E-state index in [9.17, 15) is 0 Å². The molecule has 0 radical (unpaired) electrons. The van der Waals surface area contributed by atoms with Crippen LogP contribution in [0.3, 0.4) is 0 Å². The number of hydrogen-bond acceptors (Lipinski definition) is 0. The molecule has 0 saturated carbocycles. The van der Waals surface area contributed by atoms with Crippen molar-refractivity contribution in [1.29, 1.82) is 0 Å². The molecule has 0 bridgehead atoms. The second kappa shape index (κ2) is 2.39. The molecule has 1 unspecified atom stereocenters. The zero-order chi connectivity index (χ0) is 6.97. The monoisotopic (exact) mass is 150 g/mol. The van der Waals surface area contributed by atoms with E-state index in [0.29, 0.717) is 0 Å². The summed E-state index contributed by atoms with van der Waals surface area (Å²) in [6, 6.07) is 1.54. The minimum Gasteiger partial charge on any atom is -0.0929 e. The molecule has 2 rings (SSSR count). The topological polar surface area (TPSA) is 0 Å². The average molecular weight is 150 g/mol. The standard InChI is InChI=1S/C9H14Si/c1-8-5-7-10-6-3-2-4-9(8)10/h5,7,10H,2-4,6H2,1H3. The molecule has 0 aromatic heterocycles. The van der Waals surface area contributed by atoms with E-state index in [2.05, 4.69) is 18.7 Å². The van der Waals surface area contributed by atoms with Gasteiger partial charge in [-0.3, -0.25) is 0 Å². The molecule has 10 heavy (non-hydrogen) atoms. The van der Waals surface area contributed by atoms with Crippen LogP contribution >= 0.6 is 0 Å². The minimum absolute atomic E-state index is 0.447. The molecule has 0 amide bonds. The fourth-order valence-corrected chi connectivity index (χ4v) is 5.39. The molecule has 54 valence electrons. The Balaban J connectivity index is 2.25. The highest BCUT2D eigenvalue weighted by molar-refractivity contribution is 6.73. The van der Waals surface area contributed by atoms with Gasteiger partial charge in [-0.05, 0) is 13.3 Å². The van der Waals surface area contributed by atoms with Crippen LogP contribution in [-0.2, 0) is 0 Å². The van der Waals surface area contributed by atoms with E-state index in [1.807, 2.05) is 5.20 Å². The van der Waals surface area contributed by atoms with E-state index in [-0.39, 0.29) is 0 Å². The molecule has 0 spiro atoms. The normalized spacial score (nSPS) is 31.1. The van der Waals surface area contributed by atoms with E-state index < -0.39 is 8.80 Å². The lowest BCUT2D eigenvalue weighted by Crippen LogP contribution is -2.15. The lowest BCUT2D eigenvalue weighted by molar-refractivity contribution is 0.771. The molecular weight excluding hydrogens is 136 g/mol. The lowest BCUT2D eigenvalue weighted by Gasteiger charge is -2.18. The quantitative estimate of drug-likeness (QED) is 0.465. The third-order valence-electron chi connectivity index (χ3n) is 2.74.